The summed E-state index contributed by atoms with van der Waals surface area (Å²) >= 11 is 0. The summed E-state index contributed by atoms with van der Waals surface area (Å²) in [5.41, 5.74) is 0.957. The zero-order valence-electron chi connectivity index (χ0n) is 11.2. The minimum atomic E-state index is -0.392. The largest absolute Gasteiger partial charge is 0.425 e. The summed E-state index contributed by atoms with van der Waals surface area (Å²) in [6, 6.07) is 7.37. The van der Waals surface area contributed by atoms with Crippen LogP contribution in [0.5, 0.6) is 5.75 Å². The number of nitrogens with one attached hydrogen (secondary N) is 1. The highest BCUT2D eigenvalue weighted by Gasteiger charge is 2.04. The molecule has 0 aliphatic carbocycles. The molecule has 100 valence electrons. The summed E-state index contributed by atoms with van der Waals surface area (Å²) in [5, 5.41) is 3.30. The normalized spacial score (nSPS) is 10.4. The van der Waals surface area contributed by atoms with Gasteiger partial charge in [-0.2, -0.15) is 0 Å². The maximum atomic E-state index is 11.3. The summed E-state index contributed by atoms with van der Waals surface area (Å²) < 4.78 is 9.83. The van der Waals surface area contributed by atoms with E-state index in [1.54, 1.807) is 6.07 Å². The highest BCUT2D eigenvalue weighted by atomic mass is 16.6. The predicted octanol–water partition coefficient (Wildman–Crippen LogP) is 2.70. The van der Waals surface area contributed by atoms with E-state index in [2.05, 4.69) is 19.2 Å². The standard InChI is InChI=1S/C14H21NO3/c1-11(2)7-8-15-12-5-4-6-13(9-12)18-14(16)10-17-3/h4-6,9,11,15H,7-8,10H2,1-3H3. The number of benzene rings is 1. The maximum Gasteiger partial charge on any atom is 0.337 e. The van der Waals surface area contributed by atoms with Crippen molar-refractivity contribution in [1.29, 1.82) is 0 Å². The molecule has 4 heteroatoms. The highest BCUT2D eigenvalue weighted by molar-refractivity contribution is 5.74. The van der Waals surface area contributed by atoms with E-state index >= 15 is 0 Å². The Morgan fingerprint density at radius 1 is 1.39 bits per heavy atom. The molecule has 1 aromatic carbocycles. The predicted molar refractivity (Wildman–Crippen MR) is 71.9 cm³/mol. The molecule has 0 aromatic heterocycles. The van der Waals surface area contributed by atoms with Crippen LogP contribution >= 0.6 is 0 Å². The van der Waals surface area contributed by atoms with Crippen LogP contribution in [0.3, 0.4) is 0 Å². The number of anilines is 1. The Hall–Kier alpha value is -1.55. The minimum absolute atomic E-state index is 0.0367. The molecule has 0 fully saturated rings. The number of hydrogen-bond donors (Lipinski definition) is 1. The van der Waals surface area contributed by atoms with Gasteiger partial charge in [-0.3, -0.25) is 0 Å². The zero-order chi connectivity index (χ0) is 13.4. The van der Waals surface area contributed by atoms with Crippen LogP contribution < -0.4 is 10.1 Å². The second-order valence-corrected chi connectivity index (χ2v) is 4.54. The van der Waals surface area contributed by atoms with E-state index in [9.17, 15) is 4.79 Å². The van der Waals surface area contributed by atoms with Gasteiger partial charge in [-0.1, -0.05) is 19.9 Å². The Balaban J connectivity index is 2.48. The lowest BCUT2D eigenvalue weighted by molar-refractivity contribution is -0.138. The first-order chi connectivity index (χ1) is 8.61. The fourth-order valence-corrected chi connectivity index (χ4v) is 1.45. The summed E-state index contributed by atoms with van der Waals surface area (Å²) in [5.74, 6) is 0.809. The van der Waals surface area contributed by atoms with Crippen LogP contribution in [-0.4, -0.2) is 26.2 Å². The number of methoxy groups -OCH3 is 1. The molecule has 0 bridgehead atoms. The quantitative estimate of drug-likeness (QED) is 0.598. The average Bonchev–Trinajstić information content (AvgIpc) is 2.29. The van der Waals surface area contributed by atoms with Gasteiger partial charge in [0, 0.05) is 25.4 Å². The van der Waals surface area contributed by atoms with Crippen LogP contribution in [0.4, 0.5) is 5.69 Å². The number of ether oxygens (including phenoxy) is 2. The minimum Gasteiger partial charge on any atom is -0.425 e. The molecular weight excluding hydrogens is 230 g/mol. The van der Waals surface area contributed by atoms with Gasteiger partial charge in [0.15, 0.2) is 0 Å². The van der Waals surface area contributed by atoms with Crippen LogP contribution in [-0.2, 0) is 9.53 Å². The van der Waals surface area contributed by atoms with Crippen molar-refractivity contribution >= 4 is 11.7 Å². The monoisotopic (exact) mass is 251 g/mol. The van der Waals surface area contributed by atoms with Crippen molar-refractivity contribution < 1.29 is 14.3 Å². The molecule has 18 heavy (non-hydrogen) atoms. The Bertz CT molecular complexity index is 377. The Kier molecular flexibility index (Phi) is 6.22. The Morgan fingerprint density at radius 3 is 2.83 bits per heavy atom. The Morgan fingerprint density at radius 2 is 2.17 bits per heavy atom. The van der Waals surface area contributed by atoms with E-state index in [0.717, 1.165) is 18.7 Å². The third kappa shape index (κ3) is 5.68. The second kappa shape index (κ2) is 7.71. The first-order valence-corrected chi connectivity index (χ1v) is 6.15. The number of esters is 1. The highest BCUT2D eigenvalue weighted by Crippen LogP contribution is 2.17. The molecule has 1 N–H and O–H groups in total. The summed E-state index contributed by atoms with van der Waals surface area (Å²) in [7, 11) is 1.46. The van der Waals surface area contributed by atoms with E-state index in [1.807, 2.05) is 18.2 Å². The number of carbonyl (C=O) groups excluding carboxylic acids is 1. The smallest absolute Gasteiger partial charge is 0.337 e. The average molecular weight is 251 g/mol. The van der Waals surface area contributed by atoms with Gasteiger partial charge in [-0.05, 0) is 24.5 Å². The lowest BCUT2D eigenvalue weighted by Crippen LogP contribution is -2.14. The van der Waals surface area contributed by atoms with Crippen LogP contribution in [0.1, 0.15) is 20.3 Å². The van der Waals surface area contributed by atoms with E-state index in [0.29, 0.717) is 11.7 Å². The molecule has 0 aliphatic heterocycles. The first kappa shape index (κ1) is 14.5. The molecule has 0 radical (unpaired) electrons. The third-order valence-electron chi connectivity index (χ3n) is 2.38. The summed E-state index contributed by atoms with van der Waals surface area (Å²) in [6.45, 7) is 5.24. The molecule has 0 unspecified atom stereocenters. The van der Waals surface area contributed by atoms with Gasteiger partial charge in [0.2, 0.25) is 0 Å². The van der Waals surface area contributed by atoms with Crippen molar-refractivity contribution in [1.82, 2.24) is 0 Å². The summed E-state index contributed by atoms with van der Waals surface area (Å²) in [6.07, 6.45) is 1.10. The van der Waals surface area contributed by atoms with Crippen molar-refractivity contribution in [3.05, 3.63) is 24.3 Å². The molecule has 1 aromatic rings. The van der Waals surface area contributed by atoms with Crippen LogP contribution in [0.15, 0.2) is 24.3 Å². The molecule has 4 nitrogen and oxygen atoms in total. The third-order valence-corrected chi connectivity index (χ3v) is 2.38. The van der Waals surface area contributed by atoms with Gasteiger partial charge in [0.25, 0.3) is 0 Å². The molecule has 1 rings (SSSR count). The number of carbonyl (C=O) groups is 1. The van der Waals surface area contributed by atoms with E-state index in [1.165, 1.54) is 7.11 Å². The molecule has 0 spiro atoms. The van der Waals surface area contributed by atoms with Gasteiger partial charge in [-0.25, -0.2) is 4.79 Å². The molecule has 0 amide bonds. The van der Waals surface area contributed by atoms with Crippen molar-refractivity contribution in [2.75, 3.05) is 25.6 Å². The SMILES string of the molecule is COCC(=O)Oc1cccc(NCCC(C)C)c1. The maximum absolute atomic E-state index is 11.3. The van der Waals surface area contributed by atoms with Gasteiger partial charge in [-0.15, -0.1) is 0 Å². The molecule has 0 heterocycles. The molecule has 0 saturated heterocycles. The lowest BCUT2D eigenvalue weighted by atomic mass is 10.1. The van der Waals surface area contributed by atoms with Crippen LogP contribution in [0, 0.1) is 5.92 Å². The van der Waals surface area contributed by atoms with Crippen molar-refractivity contribution in [3.63, 3.8) is 0 Å². The number of rotatable bonds is 7. The fourth-order valence-electron chi connectivity index (χ4n) is 1.45. The molecule has 0 aliphatic rings. The fraction of sp³-hybridized carbons (Fsp3) is 0.500. The molecular formula is C14H21NO3. The first-order valence-electron chi connectivity index (χ1n) is 6.15. The Labute approximate surface area is 108 Å². The van der Waals surface area contributed by atoms with Gasteiger partial charge in [0.05, 0.1) is 0 Å². The van der Waals surface area contributed by atoms with E-state index in [-0.39, 0.29) is 6.61 Å². The number of hydrogen-bond acceptors (Lipinski definition) is 4. The van der Waals surface area contributed by atoms with Crippen LogP contribution in [0.2, 0.25) is 0 Å². The van der Waals surface area contributed by atoms with Gasteiger partial charge < -0.3 is 14.8 Å². The summed E-state index contributed by atoms with van der Waals surface area (Å²) in [4.78, 5) is 11.3. The topological polar surface area (TPSA) is 47.6 Å². The second-order valence-electron chi connectivity index (χ2n) is 4.54. The molecule has 0 saturated carbocycles. The zero-order valence-corrected chi connectivity index (χ0v) is 11.2. The van der Waals surface area contributed by atoms with Gasteiger partial charge in [0.1, 0.15) is 12.4 Å². The van der Waals surface area contributed by atoms with Crippen molar-refractivity contribution in [3.8, 4) is 5.75 Å². The van der Waals surface area contributed by atoms with E-state index < -0.39 is 5.97 Å². The lowest BCUT2D eigenvalue weighted by Gasteiger charge is -2.10. The van der Waals surface area contributed by atoms with Crippen molar-refractivity contribution in [2.45, 2.75) is 20.3 Å². The molecule has 0 atom stereocenters. The van der Waals surface area contributed by atoms with E-state index in [4.69, 9.17) is 9.47 Å². The van der Waals surface area contributed by atoms with Gasteiger partial charge >= 0.3 is 5.97 Å². The van der Waals surface area contributed by atoms with Crippen LogP contribution in [0.25, 0.3) is 0 Å². The van der Waals surface area contributed by atoms with Crippen molar-refractivity contribution in [2.24, 2.45) is 5.92 Å².